The summed E-state index contributed by atoms with van der Waals surface area (Å²) in [6, 6.07) is 15.6. The Kier molecular flexibility index (Phi) is 7.88. The molecular formula is C29H33FN4O3. The second kappa shape index (κ2) is 11.1. The molecule has 4 rings (SSSR count). The number of hydrogen-bond acceptors (Lipinski definition) is 4. The summed E-state index contributed by atoms with van der Waals surface area (Å²) in [5, 5.41) is 0. The highest BCUT2D eigenvalue weighted by Gasteiger charge is 2.26. The molecule has 1 aliphatic rings. The number of carbonyl (C=O) groups is 3. The minimum absolute atomic E-state index is 0.0122. The topological polar surface area (TPSA) is 88.6 Å². The molecule has 0 aliphatic carbocycles. The van der Waals surface area contributed by atoms with E-state index in [1.807, 2.05) is 34.1 Å². The third-order valence-corrected chi connectivity index (χ3v) is 7.05. The lowest BCUT2D eigenvalue weighted by Gasteiger charge is -2.34. The van der Waals surface area contributed by atoms with Gasteiger partial charge in [-0.1, -0.05) is 44.2 Å². The van der Waals surface area contributed by atoms with E-state index in [9.17, 15) is 18.8 Å². The van der Waals surface area contributed by atoms with Crippen LogP contribution in [0.5, 0.6) is 0 Å². The smallest absolute Gasteiger partial charge is 0.253 e. The highest BCUT2D eigenvalue weighted by atomic mass is 19.1. The van der Waals surface area contributed by atoms with Crippen LogP contribution in [0.15, 0.2) is 54.6 Å². The molecule has 8 heteroatoms. The average Bonchev–Trinajstić information content (AvgIpc) is 3.21. The number of benzene rings is 2. The minimum atomic E-state index is -0.632. The van der Waals surface area contributed by atoms with Gasteiger partial charge in [-0.15, -0.1) is 0 Å². The number of piperazine rings is 1. The van der Waals surface area contributed by atoms with Crippen molar-refractivity contribution in [3.05, 3.63) is 94.1 Å². The van der Waals surface area contributed by atoms with Crippen molar-refractivity contribution in [2.45, 2.75) is 33.2 Å². The first-order chi connectivity index (χ1) is 17.7. The first-order valence-corrected chi connectivity index (χ1v) is 12.5. The molecule has 7 nitrogen and oxygen atoms in total. The van der Waals surface area contributed by atoms with Crippen molar-refractivity contribution in [3.63, 3.8) is 0 Å². The molecule has 1 aromatic heterocycles. The zero-order valence-electron chi connectivity index (χ0n) is 21.5. The Morgan fingerprint density at radius 1 is 0.973 bits per heavy atom. The molecule has 37 heavy (non-hydrogen) atoms. The van der Waals surface area contributed by atoms with Gasteiger partial charge in [0, 0.05) is 43.0 Å². The maximum Gasteiger partial charge on any atom is 0.253 e. The summed E-state index contributed by atoms with van der Waals surface area (Å²) in [6.45, 7) is 8.31. The number of primary amides is 1. The number of hydrogen-bond donors (Lipinski definition) is 1. The van der Waals surface area contributed by atoms with Crippen molar-refractivity contribution in [2.75, 3.05) is 32.7 Å². The van der Waals surface area contributed by atoms with E-state index >= 15 is 0 Å². The second-order valence-corrected chi connectivity index (χ2v) is 9.84. The highest BCUT2D eigenvalue weighted by Crippen LogP contribution is 2.21. The van der Waals surface area contributed by atoms with Gasteiger partial charge in [0.05, 0.1) is 24.3 Å². The third kappa shape index (κ3) is 5.80. The molecule has 2 aromatic carbocycles. The SMILES string of the molecule is Cc1c(C(N)=O)cc(C(=O)CN2CCN(C(=O)c3ccc(C(C)C)cc3)CC2)n1Cc1ccccc1F. The molecule has 0 unspecified atom stereocenters. The van der Waals surface area contributed by atoms with Gasteiger partial charge in [-0.25, -0.2) is 4.39 Å². The number of nitrogens with two attached hydrogens (primary N) is 1. The fourth-order valence-corrected chi connectivity index (χ4v) is 4.71. The van der Waals surface area contributed by atoms with Gasteiger partial charge in [0.25, 0.3) is 11.8 Å². The first-order valence-electron chi connectivity index (χ1n) is 12.5. The maximum absolute atomic E-state index is 14.3. The Labute approximate surface area is 216 Å². The van der Waals surface area contributed by atoms with Gasteiger partial charge < -0.3 is 15.2 Å². The van der Waals surface area contributed by atoms with Crippen molar-refractivity contribution < 1.29 is 18.8 Å². The lowest BCUT2D eigenvalue weighted by atomic mass is 10.0. The Morgan fingerprint density at radius 3 is 2.22 bits per heavy atom. The van der Waals surface area contributed by atoms with Gasteiger partial charge in [-0.2, -0.15) is 0 Å². The molecule has 0 bridgehead atoms. The third-order valence-electron chi connectivity index (χ3n) is 7.05. The lowest BCUT2D eigenvalue weighted by Crippen LogP contribution is -2.50. The number of carbonyl (C=O) groups excluding carboxylic acids is 3. The Bertz CT molecular complexity index is 1310. The fourth-order valence-electron chi connectivity index (χ4n) is 4.71. The molecule has 3 aromatic rings. The van der Waals surface area contributed by atoms with E-state index in [1.165, 1.54) is 17.7 Å². The molecule has 1 aliphatic heterocycles. The summed E-state index contributed by atoms with van der Waals surface area (Å²) in [4.78, 5) is 42.0. The van der Waals surface area contributed by atoms with Crippen LogP contribution in [0, 0.1) is 12.7 Å². The highest BCUT2D eigenvalue weighted by molar-refractivity contribution is 6.01. The van der Waals surface area contributed by atoms with E-state index in [0.29, 0.717) is 54.6 Å². The summed E-state index contributed by atoms with van der Waals surface area (Å²) in [5.41, 5.74) is 8.89. The quantitative estimate of drug-likeness (QED) is 0.472. The van der Waals surface area contributed by atoms with Crippen LogP contribution in [0.25, 0.3) is 0 Å². The molecule has 2 amide bonds. The zero-order valence-corrected chi connectivity index (χ0v) is 21.5. The van der Waals surface area contributed by atoms with Crippen LogP contribution in [-0.2, 0) is 6.54 Å². The van der Waals surface area contributed by atoms with Crippen LogP contribution in [0.3, 0.4) is 0 Å². The molecular weight excluding hydrogens is 471 g/mol. The number of rotatable bonds is 8. The lowest BCUT2D eigenvalue weighted by molar-refractivity contribution is 0.0623. The van der Waals surface area contributed by atoms with Crippen molar-refractivity contribution in [2.24, 2.45) is 5.73 Å². The van der Waals surface area contributed by atoms with E-state index in [2.05, 4.69) is 13.8 Å². The molecule has 0 atom stereocenters. The van der Waals surface area contributed by atoms with E-state index in [1.54, 1.807) is 29.7 Å². The molecule has 1 saturated heterocycles. The van der Waals surface area contributed by atoms with Crippen LogP contribution < -0.4 is 5.73 Å². The van der Waals surface area contributed by atoms with Gasteiger partial charge >= 0.3 is 0 Å². The monoisotopic (exact) mass is 504 g/mol. The Balaban J connectivity index is 1.43. The normalized spacial score (nSPS) is 14.2. The van der Waals surface area contributed by atoms with Crippen LogP contribution in [0.4, 0.5) is 4.39 Å². The van der Waals surface area contributed by atoms with Crippen molar-refractivity contribution >= 4 is 17.6 Å². The van der Waals surface area contributed by atoms with Crippen LogP contribution in [-0.4, -0.2) is 64.7 Å². The van der Waals surface area contributed by atoms with Crippen molar-refractivity contribution in [1.82, 2.24) is 14.4 Å². The summed E-state index contributed by atoms with van der Waals surface area (Å²) >= 11 is 0. The maximum atomic E-state index is 14.3. The Hall–Kier alpha value is -3.78. The van der Waals surface area contributed by atoms with E-state index in [0.717, 1.165) is 0 Å². The molecule has 1 fully saturated rings. The minimum Gasteiger partial charge on any atom is -0.366 e. The molecule has 2 N–H and O–H groups in total. The van der Waals surface area contributed by atoms with Crippen LogP contribution >= 0.6 is 0 Å². The number of halogens is 1. The van der Waals surface area contributed by atoms with Crippen molar-refractivity contribution in [1.29, 1.82) is 0 Å². The largest absolute Gasteiger partial charge is 0.366 e. The van der Waals surface area contributed by atoms with E-state index in [-0.39, 0.29) is 36.2 Å². The number of ketones is 1. The zero-order chi connectivity index (χ0) is 26.7. The average molecular weight is 505 g/mol. The number of amides is 2. The molecule has 0 radical (unpaired) electrons. The number of aromatic nitrogens is 1. The predicted octanol–water partition coefficient (Wildman–Crippen LogP) is 3.85. The van der Waals surface area contributed by atoms with Crippen LogP contribution in [0.1, 0.15) is 67.8 Å². The number of nitrogens with zero attached hydrogens (tertiary/aromatic N) is 3. The predicted molar refractivity (Wildman–Crippen MR) is 140 cm³/mol. The second-order valence-electron chi connectivity index (χ2n) is 9.84. The summed E-state index contributed by atoms with van der Waals surface area (Å²) in [5.74, 6) is -0.805. The van der Waals surface area contributed by atoms with E-state index in [4.69, 9.17) is 5.73 Å². The van der Waals surface area contributed by atoms with Gasteiger partial charge in [0.15, 0.2) is 5.78 Å². The first kappa shape index (κ1) is 26.3. The van der Waals surface area contributed by atoms with Gasteiger partial charge in [-0.3, -0.25) is 19.3 Å². The van der Waals surface area contributed by atoms with Crippen LogP contribution in [0.2, 0.25) is 0 Å². The summed E-state index contributed by atoms with van der Waals surface area (Å²) < 4.78 is 16.0. The van der Waals surface area contributed by atoms with E-state index < -0.39 is 5.91 Å². The van der Waals surface area contributed by atoms with Gasteiger partial charge in [0.2, 0.25) is 0 Å². The number of Topliss-reactive ketones (excluding diaryl/α,β-unsaturated/α-hetero) is 1. The molecule has 0 saturated carbocycles. The molecule has 194 valence electrons. The standard InChI is InChI=1S/C29H33FN4O3/c1-19(2)21-8-10-22(11-9-21)29(37)33-14-12-32(13-15-33)18-27(35)26-16-24(28(31)36)20(3)34(26)17-23-6-4-5-7-25(23)30/h4-11,16,19H,12-15,17-18H2,1-3H3,(H2,31,36). The summed E-state index contributed by atoms with van der Waals surface area (Å²) in [7, 11) is 0. The van der Waals surface area contributed by atoms with Gasteiger partial charge in [0.1, 0.15) is 5.82 Å². The fraction of sp³-hybridized carbons (Fsp3) is 0.345. The molecule has 2 heterocycles. The summed E-state index contributed by atoms with van der Waals surface area (Å²) in [6.07, 6.45) is 0. The van der Waals surface area contributed by atoms with Gasteiger partial charge in [-0.05, 0) is 42.7 Å². The molecule has 0 spiro atoms. The van der Waals surface area contributed by atoms with Crippen molar-refractivity contribution in [3.8, 4) is 0 Å². The Morgan fingerprint density at radius 2 is 1.62 bits per heavy atom.